The highest BCUT2D eigenvalue weighted by Gasteiger charge is 2.10. The highest BCUT2D eigenvalue weighted by atomic mass is 32.2. The first kappa shape index (κ1) is 15.6. The Labute approximate surface area is 128 Å². The molecule has 1 heterocycles. The molecule has 0 unspecified atom stereocenters. The van der Waals surface area contributed by atoms with Gasteiger partial charge in [-0.25, -0.2) is 5.48 Å². The van der Waals surface area contributed by atoms with Crippen molar-refractivity contribution in [3.05, 3.63) is 52.9 Å². The standard InChI is InChI=1S/C15H18N2O3S/c1-11-14(12(2)20-16-11)9-21-10-15(18)17-19-8-13-6-4-3-5-7-13/h3-7H,8-10H2,1-2H3,(H,17,18). The van der Waals surface area contributed by atoms with Crippen LogP contribution in [0, 0.1) is 13.8 Å². The summed E-state index contributed by atoms with van der Waals surface area (Å²) in [4.78, 5) is 16.8. The van der Waals surface area contributed by atoms with E-state index in [2.05, 4.69) is 10.6 Å². The lowest BCUT2D eigenvalue weighted by Gasteiger charge is -2.06. The Morgan fingerprint density at radius 1 is 1.33 bits per heavy atom. The van der Waals surface area contributed by atoms with E-state index in [4.69, 9.17) is 9.36 Å². The number of rotatable bonds is 7. The summed E-state index contributed by atoms with van der Waals surface area (Å²) in [6.07, 6.45) is 0. The van der Waals surface area contributed by atoms with Gasteiger partial charge < -0.3 is 4.52 Å². The lowest BCUT2D eigenvalue weighted by Crippen LogP contribution is -2.25. The zero-order valence-electron chi connectivity index (χ0n) is 12.1. The number of nitrogens with one attached hydrogen (secondary N) is 1. The Hall–Kier alpha value is -1.79. The van der Waals surface area contributed by atoms with Crippen molar-refractivity contribution < 1.29 is 14.2 Å². The number of carbonyl (C=O) groups is 1. The maximum atomic E-state index is 11.6. The number of carbonyl (C=O) groups excluding carboxylic acids is 1. The van der Waals surface area contributed by atoms with Crippen LogP contribution in [0.2, 0.25) is 0 Å². The molecule has 0 aliphatic rings. The first-order valence-electron chi connectivity index (χ1n) is 6.61. The van der Waals surface area contributed by atoms with Crippen molar-refractivity contribution in [3.8, 4) is 0 Å². The molecular weight excluding hydrogens is 288 g/mol. The number of benzene rings is 1. The average Bonchev–Trinajstić information content (AvgIpc) is 2.80. The van der Waals surface area contributed by atoms with E-state index in [1.165, 1.54) is 11.8 Å². The molecule has 0 atom stereocenters. The summed E-state index contributed by atoms with van der Waals surface area (Å²) >= 11 is 1.50. The molecule has 0 saturated heterocycles. The second kappa shape index (κ2) is 7.85. The van der Waals surface area contributed by atoms with Crippen LogP contribution in [-0.2, 0) is 22.0 Å². The molecule has 0 fully saturated rings. The van der Waals surface area contributed by atoms with E-state index in [1.54, 1.807) is 0 Å². The molecule has 0 aliphatic heterocycles. The van der Waals surface area contributed by atoms with Gasteiger partial charge in [0.25, 0.3) is 5.91 Å². The molecule has 5 nitrogen and oxygen atoms in total. The fraction of sp³-hybridized carbons (Fsp3) is 0.333. The Kier molecular flexibility index (Phi) is 5.83. The number of hydroxylamine groups is 1. The molecule has 0 saturated carbocycles. The quantitative estimate of drug-likeness (QED) is 0.797. The van der Waals surface area contributed by atoms with E-state index < -0.39 is 0 Å². The van der Waals surface area contributed by atoms with E-state index >= 15 is 0 Å². The molecule has 1 aromatic heterocycles. The highest BCUT2D eigenvalue weighted by Crippen LogP contribution is 2.19. The van der Waals surface area contributed by atoms with Crippen molar-refractivity contribution in [2.45, 2.75) is 26.2 Å². The van der Waals surface area contributed by atoms with E-state index in [9.17, 15) is 4.79 Å². The van der Waals surface area contributed by atoms with Gasteiger partial charge in [0.05, 0.1) is 18.1 Å². The lowest BCUT2D eigenvalue weighted by molar-refractivity contribution is -0.131. The van der Waals surface area contributed by atoms with Crippen LogP contribution in [-0.4, -0.2) is 16.8 Å². The molecular formula is C15H18N2O3S. The van der Waals surface area contributed by atoms with Crippen molar-refractivity contribution in [2.24, 2.45) is 0 Å². The van der Waals surface area contributed by atoms with Gasteiger partial charge in [0.1, 0.15) is 5.76 Å². The van der Waals surface area contributed by atoms with Gasteiger partial charge >= 0.3 is 0 Å². The smallest absolute Gasteiger partial charge is 0.253 e. The molecule has 112 valence electrons. The molecule has 6 heteroatoms. The predicted molar refractivity (Wildman–Crippen MR) is 81.5 cm³/mol. The lowest BCUT2D eigenvalue weighted by atomic mass is 10.2. The molecule has 2 aromatic rings. The summed E-state index contributed by atoms with van der Waals surface area (Å²) < 4.78 is 5.08. The first-order chi connectivity index (χ1) is 10.2. The molecule has 21 heavy (non-hydrogen) atoms. The van der Waals surface area contributed by atoms with Crippen molar-refractivity contribution in [1.29, 1.82) is 0 Å². The zero-order valence-corrected chi connectivity index (χ0v) is 12.9. The summed E-state index contributed by atoms with van der Waals surface area (Å²) in [6.45, 7) is 4.13. The van der Waals surface area contributed by atoms with Crippen LogP contribution in [0.5, 0.6) is 0 Å². The number of hydrogen-bond acceptors (Lipinski definition) is 5. The van der Waals surface area contributed by atoms with Gasteiger partial charge in [-0.1, -0.05) is 35.5 Å². The molecule has 1 amide bonds. The van der Waals surface area contributed by atoms with Gasteiger partial charge in [-0.3, -0.25) is 9.63 Å². The largest absolute Gasteiger partial charge is 0.361 e. The molecule has 0 spiro atoms. The van der Waals surface area contributed by atoms with Gasteiger partial charge in [0.2, 0.25) is 0 Å². The maximum absolute atomic E-state index is 11.6. The Morgan fingerprint density at radius 3 is 2.76 bits per heavy atom. The predicted octanol–water partition coefficient (Wildman–Crippen LogP) is 2.77. The monoisotopic (exact) mass is 306 g/mol. The van der Waals surface area contributed by atoms with Crippen molar-refractivity contribution >= 4 is 17.7 Å². The van der Waals surface area contributed by atoms with Crippen LogP contribution in [0.4, 0.5) is 0 Å². The Morgan fingerprint density at radius 2 is 2.10 bits per heavy atom. The molecule has 1 N–H and O–H groups in total. The highest BCUT2D eigenvalue weighted by molar-refractivity contribution is 7.99. The minimum absolute atomic E-state index is 0.150. The summed E-state index contributed by atoms with van der Waals surface area (Å²) in [5, 5.41) is 3.88. The normalized spacial score (nSPS) is 10.6. The third kappa shape index (κ3) is 4.91. The second-order valence-electron chi connectivity index (χ2n) is 4.60. The van der Waals surface area contributed by atoms with Crippen molar-refractivity contribution in [1.82, 2.24) is 10.6 Å². The van der Waals surface area contributed by atoms with Gasteiger partial charge in [-0.2, -0.15) is 0 Å². The summed E-state index contributed by atoms with van der Waals surface area (Å²) in [7, 11) is 0. The van der Waals surface area contributed by atoms with Crippen LogP contribution in [0.15, 0.2) is 34.9 Å². The van der Waals surface area contributed by atoms with Crippen LogP contribution in [0.3, 0.4) is 0 Å². The van der Waals surface area contributed by atoms with Crippen LogP contribution in [0.25, 0.3) is 0 Å². The van der Waals surface area contributed by atoms with Gasteiger partial charge in [0, 0.05) is 11.3 Å². The molecule has 0 bridgehead atoms. The van der Waals surface area contributed by atoms with Gasteiger partial charge in [-0.15, -0.1) is 11.8 Å². The summed E-state index contributed by atoms with van der Waals surface area (Å²) in [5.74, 6) is 1.69. The van der Waals surface area contributed by atoms with Crippen LogP contribution in [0.1, 0.15) is 22.6 Å². The zero-order chi connectivity index (χ0) is 15.1. The second-order valence-corrected chi connectivity index (χ2v) is 5.58. The topological polar surface area (TPSA) is 64.4 Å². The number of thioether (sulfide) groups is 1. The van der Waals surface area contributed by atoms with Gasteiger partial charge in [0.15, 0.2) is 0 Å². The third-order valence-electron chi connectivity index (χ3n) is 2.93. The molecule has 2 rings (SSSR count). The molecule has 0 radical (unpaired) electrons. The fourth-order valence-electron chi connectivity index (χ4n) is 1.76. The average molecular weight is 306 g/mol. The minimum Gasteiger partial charge on any atom is -0.361 e. The molecule has 1 aromatic carbocycles. The van der Waals surface area contributed by atoms with Crippen LogP contribution < -0.4 is 5.48 Å². The number of hydrogen-bond donors (Lipinski definition) is 1. The van der Waals surface area contributed by atoms with Crippen molar-refractivity contribution in [2.75, 3.05) is 5.75 Å². The van der Waals surface area contributed by atoms with Crippen LogP contribution >= 0.6 is 11.8 Å². The number of nitrogens with zero attached hydrogens (tertiary/aromatic N) is 1. The third-order valence-corrected chi connectivity index (χ3v) is 3.89. The van der Waals surface area contributed by atoms with E-state index in [0.29, 0.717) is 18.1 Å². The van der Waals surface area contributed by atoms with E-state index in [1.807, 2.05) is 44.2 Å². The van der Waals surface area contributed by atoms with Crippen molar-refractivity contribution in [3.63, 3.8) is 0 Å². The molecule has 0 aliphatic carbocycles. The number of aromatic nitrogens is 1. The van der Waals surface area contributed by atoms with Gasteiger partial charge in [-0.05, 0) is 19.4 Å². The Balaban J connectivity index is 1.64. The van der Waals surface area contributed by atoms with E-state index in [0.717, 1.165) is 22.6 Å². The number of amides is 1. The Bertz CT molecular complexity index is 564. The minimum atomic E-state index is -0.150. The fourth-order valence-corrected chi connectivity index (χ4v) is 2.72. The summed E-state index contributed by atoms with van der Waals surface area (Å²) in [5.41, 5.74) is 5.39. The maximum Gasteiger partial charge on any atom is 0.253 e. The number of aryl methyl sites for hydroxylation is 2. The SMILES string of the molecule is Cc1noc(C)c1CSCC(=O)NOCc1ccccc1. The summed E-state index contributed by atoms with van der Waals surface area (Å²) in [6, 6.07) is 9.68. The first-order valence-corrected chi connectivity index (χ1v) is 7.76. The van der Waals surface area contributed by atoms with E-state index in [-0.39, 0.29) is 5.91 Å².